The lowest BCUT2D eigenvalue weighted by Gasteiger charge is -2.12. The summed E-state index contributed by atoms with van der Waals surface area (Å²) in [4.78, 5) is 36.0. The molecule has 3 rings (SSSR count). The SMILES string of the molecule is CCOC(=O)c1c(NC(=O)CCn2cc([N+](=O)[O-])cn2)sc2c1CCCC2. The summed E-state index contributed by atoms with van der Waals surface area (Å²) >= 11 is 1.43. The highest BCUT2D eigenvalue weighted by molar-refractivity contribution is 7.17. The van der Waals surface area contributed by atoms with E-state index in [9.17, 15) is 19.7 Å². The van der Waals surface area contributed by atoms with E-state index in [1.165, 1.54) is 22.2 Å². The summed E-state index contributed by atoms with van der Waals surface area (Å²) in [5.74, 6) is -0.688. The minimum atomic E-state index is -0.536. The molecule has 144 valence electrons. The Kier molecular flexibility index (Phi) is 5.84. The Bertz CT molecular complexity index is 873. The third-order valence-corrected chi connectivity index (χ3v) is 5.51. The number of nitro groups is 1. The van der Waals surface area contributed by atoms with Crippen molar-refractivity contribution in [1.29, 1.82) is 0 Å². The lowest BCUT2D eigenvalue weighted by Crippen LogP contribution is -2.17. The van der Waals surface area contributed by atoms with Crippen molar-refractivity contribution >= 4 is 33.9 Å². The molecule has 2 aromatic heterocycles. The van der Waals surface area contributed by atoms with E-state index in [1.54, 1.807) is 6.92 Å². The van der Waals surface area contributed by atoms with Gasteiger partial charge in [0, 0.05) is 17.8 Å². The maximum atomic E-state index is 12.4. The lowest BCUT2D eigenvalue weighted by molar-refractivity contribution is -0.385. The van der Waals surface area contributed by atoms with Gasteiger partial charge in [0.25, 0.3) is 0 Å². The molecule has 0 saturated heterocycles. The summed E-state index contributed by atoms with van der Waals surface area (Å²) in [7, 11) is 0. The van der Waals surface area contributed by atoms with Crippen LogP contribution >= 0.6 is 11.3 Å². The second-order valence-electron chi connectivity index (χ2n) is 6.15. The number of hydrogen-bond donors (Lipinski definition) is 1. The van der Waals surface area contributed by atoms with Gasteiger partial charge >= 0.3 is 11.7 Å². The molecule has 2 aromatic rings. The maximum absolute atomic E-state index is 12.4. The number of carbonyl (C=O) groups excluding carboxylic acids is 2. The number of esters is 1. The van der Waals surface area contributed by atoms with Gasteiger partial charge in [-0.15, -0.1) is 11.3 Å². The molecule has 0 unspecified atom stereocenters. The van der Waals surface area contributed by atoms with Crippen molar-refractivity contribution in [2.24, 2.45) is 0 Å². The third-order valence-electron chi connectivity index (χ3n) is 4.30. The zero-order chi connectivity index (χ0) is 19.4. The number of rotatable bonds is 7. The second kappa shape index (κ2) is 8.30. The topological polar surface area (TPSA) is 116 Å². The highest BCUT2D eigenvalue weighted by atomic mass is 32.1. The summed E-state index contributed by atoms with van der Waals surface area (Å²) in [5, 5.41) is 17.9. The molecule has 10 heteroatoms. The van der Waals surface area contributed by atoms with Crippen LogP contribution in [-0.4, -0.2) is 33.2 Å². The fourth-order valence-electron chi connectivity index (χ4n) is 3.05. The quantitative estimate of drug-likeness (QED) is 0.440. The van der Waals surface area contributed by atoms with Gasteiger partial charge in [-0.25, -0.2) is 4.79 Å². The van der Waals surface area contributed by atoms with Crippen LogP contribution in [0.4, 0.5) is 10.7 Å². The molecule has 1 N–H and O–H groups in total. The molecule has 0 spiro atoms. The van der Waals surface area contributed by atoms with E-state index in [4.69, 9.17) is 4.74 Å². The summed E-state index contributed by atoms with van der Waals surface area (Å²) in [5.41, 5.74) is 1.34. The molecule has 1 aliphatic carbocycles. The molecule has 2 heterocycles. The molecule has 9 nitrogen and oxygen atoms in total. The number of fused-ring (bicyclic) bond motifs is 1. The number of carbonyl (C=O) groups is 2. The van der Waals surface area contributed by atoms with Gasteiger partial charge in [0.15, 0.2) is 0 Å². The third kappa shape index (κ3) is 4.33. The van der Waals surface area contributed by atoms with E-state index in [-0.39, 0.29) is 31.2 Å². The Morgan fingerprint density at radius 3 is 2.89 bits per heavy atom. The average Bonchev–Trinajstić information content (AvgIpc) is 3.24. The number of anilines is 1. The van der Waals surface area contributed by atoms with Crippen LogP contribution in [0.3, 0.4) is 0 Å². The number of nitrogens with zero attached hydrogens (tertiary/aromatic N) is 3. The molecular weight excluding hydrogens is 372 g/mol. The first-order valence-corrected chi connectivity index (χ1v) is 9.59. The number of aromatic nitrogens is 2. The van der Waals surface area contributed by atoms with Gasteiger partial charge in [-0.1, -0.05) is 0 Å². The molecular formula is C17H20N4O5S. The molecule has 0 fully saturated rings. The van der Waals surface area contributed by atoms with E-state index in [0.717, 1.165) is 42.3 Å². The normalized spacial score (nSPS) is 13.1. The van der Waals surface area contributed by atoms with Crippen LogP contribution in [0.5, 0.6) is 0 Å². The van der Waals surface area contributed by atoms with Crippen LogP contribution in [0.25, 0.3) is 0 Å². The molecule has 1 amide bonds. The van der Waals surface area contributed by atoms with E-state index in [1.807, 2.05) is 0 Å². The van der Waals surface area contributed by atoms with E-state index >= 15 is 0 Å². The number of amides is 1. The molecule has 0 bridgehead atoms. The van der Waals surface area contributed by atoms with Crippen LogP contribution in [0.15, 0.2) is 12.4 Å². The fourth-order valence-corrected chi connectivity index (χ4v) is 4.34. The van der Waals surface area contributed by atoms with Gasteiger partial charge in [0.05, 0.1) is 17.1 Å². The molecule has 0 aromatic carbocycles. The Hall–Kier alpha value is -2.75. The predicted octanol–water partition coefficient (Wildman–Crippen LogP) is 2.94. The number of nitrogens with one attached hydrogen (secondary N) is 1. The van der Waals surface area contributed by atoms with Crippen molar-refractivity contribution in [2.45, 2.75) is 45.6 Å². The molecule has 0 aliphatic heterocycles. The predicted molar refractivity (Wildman–Crippen MR) is 99.0 cm³/mol. The van der Waals surface area contributed by atoms with Crippen molar-refractivity contribution in [3.8, 4) is 0 Å². The van der Waals surface area contributed by atoms with Gasteiger partial charge < -0.3 is 10.1 Å². The highest BCUT2D eigenvalue weighted by Gasteiger charge is 2.27. The van der Waals surface area contributed by atoms with E-state index in [0.29, 0.717) is 10.6 Å². The van der Waals surface area contributed by atoms with Gasteiger partial charge in [0.1, 0.15) is 17.4 Å². The van der Waals surface area contributed by atoms with Crippen LogP contribution in [0.2, 0.25) is 0 Å². The van der Waals surface area contributed by atoms with Gasteiger partial charge in [-0.3, -0.25) is 19.6 Å². The van der Waals surface area contributed by atoms with Crippen molar-refractivity contribution in [1.82, 2.24) is 9.78 Å². The van der Waals surface area contributed by atoms with Gasteiger partial charge in [-0.05, 0) is 38.2 Å². The molecule has 0 saturated carbocycles. The number of thiophene rings is 1. The van der Waals surface area contributed by atoms with E-state index in [2.05, 4.69) is 10.4 Å². The molecule has 1 aliphatic rings. The second-order valence-corrected chi connectivity index (χ2v) is 7.26. The summed E-state index contributed by atoms with van der Waals surface area (Å²) < 4.78 is 6.52. The molecule has 0 atom stereocenters. The van der Waals surface area contributed by atoms with Crippen LogP contribution in [-0.2, 0) is 28.9 Å². The van der Waals surface area contributed by atoms with Crippen molar-refractivity contribution in [2.75, 3.05) is 11.9 Å². The first kappa shape index (κ1) is 19.0. The largest absolute Gasteiger partial charge is 0.462 e. The zero-order valence-corrected chi connectivity index (χ0v) is 15.7. The number of aryl methyl sites for hydroxylation is 2. The van der Waals surface area contributed by atoms with Crippen molar-refractivity contribution < 1.29 is 19.2 Å². The average molecular weight is 392 g/mol. The Labute approximate surface area is 159 Å². The number of ether oxygens (including phenoxy) is 1. The Morgan fingerprint density at radius 2 is 2.19 bits per heavy atom. The monoisotopic (exact) mass is 392 g/mol. The Balaban J connectivity index is 1.70. The smallest absolute Gasteiger partial charge is 0.341 e. The van der Waals surface area contributed by atoms with Crippen LogP contribution < -0.4 is 5.32 Å². The minimum Gasteiger partial charge on any atom is -0.462 e. The number of hydrogen-bond acceptors (Lipinski definition) is 7. The highest BCUT2D eigenvalue weighted by Crippen LogP contribution is 2.38. The lowest BCUT2D eigenvalue weighted by atomic mass is 9.95. The summed E-state index contributed by atoms with van der Waals surface area (Å²) in [6.45, 7) is 2.23. The maximum Gasteiger partial charge on any atom is 0.341 e. The summed E-state index contributed by atoms with van der Waals surface area (Å²) in [6.07, 6.45) is 6.31. The fraction of sp³-hybridized carbons (Fsp3) is 0.471. The molecule has 27 heavy (non-hydrogen) atoms. The van der Waals surface area contributed by atoms with Crippen molar-refractivity contribution in [3.05, 3.63) is 38.5 Å². The standard InChI is InChI=1S/C17H20N4O5S/c1-2-26-17(23)15-12-5-3-4-6-13(12)27-16(15)19-14(22)7-8-20-10-11(9-18-20)21(24)25/h9-10H,2-8H2,1H3,(H,19,22). The minimum absolute atomic E-state index is 0.0870. The zero-order valence-electron chi connectivity index (χ0n) is 14.9. The summed E-state index contributed by atoms with van der Waals surface area (Å²) in [6, 6.07) is 0. The first-order valence-electron chi connectivity index (χ1n) is 8.78. The van der Waals surface area contributed by atoms with Gasteiger partial charge in [-0.2, -0.15) is 5.10 Å². The van der Waals surface area contributed by atoms with Crippen LogP contribution in [0.1, 0.15) is 47.0 Å². The first-order chi connectivity index (χ1) is 13.0. The Morgan fingerprint density at radius 1 is 1.41 bits per heavy atom. The van der Waals surface area contributed by atoms with E-state index < -0.39 is 10.9 Å². The van der Waals surface area contributed by atoms with Crippen LogP contribution in [0, 0.1) is 10.1 Å². The molecule has 0 radical (unpaired) electrons. The van der Waals surface area contributed by atoms with Gasteiger partial charge in [0.2, 0.25) is 5.91 Å². The van der Waals surface area contributed by atoms with Crippen molar-refractivity contribution in [3.63, 3.8) is 0 Å².